The molecule has 0 unspecified atom stereocenters. The minimum absolute atomic E-state index is 0.103. The van der Waals surface area contributed by atoms with Gasteiger partial charge in [-0.1, -0.05) is 69.3 Å². The van der Waals surface area contributed by atoms with E-state index in [9.17, 15) is 0 Å². The highest BCUT2D eigenvalue weighted by molar-refractivity contribution is 7.26. The third-order valence-electron chi connectivity index (χ3n) is 6.17. The van der Waals surface area contributed by atoms with Crippen LogP contribution in [0.1, 0.15) is 37.5 Å². The van der Waals surface area contributed by atoms with Gasteiger partial charge in [-0.2, -0.15) is 0 Å². The average Bonchev–Trinajstić information content (AvgIpc) is 3.11. The van der Waals surface area contributed by atoms with Gasteiger partial charge in [0.05, 0.1) is 5.69 Å². The van der Waals surface area contributed by atoms with Gasteiger partial charge in [-0.05, 0) is 65.3 Å². The minimum atomic E-state index is 0.103. The van der Waals surface area contributed by atoms with Gasteiger partial charge in [-0.25, -0.2) is 0 Å². The maximum Gasteiger partial charge on any atom is 0.0719 e. The molecule has 0 aliphatic rings. The van der Waals surface area contributed by atoms with Crippen LogP contribution in [-0.2, 0) is 5.41 Å². The van der Waals surface area contributed by atoms with Gasteiger partial charge in [0, 0.05) is 31.9 Å². The Hall–Kier alpha value is -2.97. The fourth-order valence-electron chi connectivity index (χ4n) is 4.47. The van der Waals surface area contributed by atoms with Crippen molar-refractivity contribution in [2.45, 2.75) is 40.0 Å². The molecule has 0 N–H and O–H groups in total. The Bertz CT molecular complexity index is 1410. The largest absolute Gasteiger partial charge is 0.256 e. The van der Waals surface area contributed by atoms with Crippen LogP contribution in [0, 0.1) is 13.8 Å². The minimum Gasteiger partial charge on any atom is -0.256 e. The van der Waals surface area contributed by atoms with E-state index in [-0.39, 0.29) is 5.41 Å². The molecule has 3 aromatic carbocycles. The second kappa shape index (κ2) is 7.32. The molecule has 5 aromatic rings. The molecule has 0 saturated carbocycles. The van der Waals surface area contributed by atoms with E-state index in [4.69, 9.17) is 4.98 Å². The second-order valence-electron chi connectivity index (χ2n) is 9.44. The van der Waals surface area contributed by atoms with Gasteiger partial charge in [-0.3, -0.25) is 4.98 Å². The van der Waals surface area contributed by atoms with E-state index in [0.29, 0.717) is 0 Å². The van der Waals surface area contributed by atoms with E-state index in [1.165, 1.54) is 53.6 Å². The third-order valence-corrected chi connectivity index (χ3v) is 7.37. The van der Waals surface area contributed by atoms with Crippen molar-refractivity contribution in [3.05, 3.63) is 89.6 Å². The van der Waals surface area contributed by atoms with Crippen molar-refractivity contribution in [3.8, 4) is 22.4 Å². The van der Waals surface area contributed by atoms with Gasteiger partial charge in [0.1, 0.15) is 0 Å². The lowest BCUT2D eigenvalue weighted by atomic mass is 9.87. The van der Waals surface area contributed by atoms with Gasteiger partial charge in [0.15, 0.2) is 0 Å². The summed E-state index contributed by atoms with van der Waals surface area (Å²) in [7, 11) is 0. The first-order valence-corrected chi connectivity index (χ1v) is 11.6. The highest BCUT2D eigenvalue weighted by atomic mass is 32.1. The van der Waals surface area contributed by atoms with Gasteiger partial charge in [0.2, 0.25) is 0 Å². The van der Waals surface area contributed by atoms with E-state index in [1.54, 1.807) is 0 Å². The van der Waals surface area contributed by atoms with Crippen molar-refractivity contribution in [1.29, 1.82) is 0 Å². The Labute approximate surface area is 188 Å². The van der Waals surface area contributed by atoms with Crippen LogP contribution in [0.3, 0.4) is 0 Å². The molecule has 0 radical (unpaired) electrons. The monoisotopic (exact) mass is 421 g/mol. The molecule has 0 saturated heterocycles. The summed E-state index contributed by atoms with van der Waals surface area (Å²) in [5.41, 5.74) is 8.98. The van der Waals surface area contributed by atoms with Gasteiger partial charge in [-0.15, -0.1) is 11.3 Å². The lowest BCUT2D eigenvalue weighted by molar-refractivity contribution is 0.589. The Morgan fingerprint density at radius 3 is 2.26 bits per heavy atom. The summed E-state index contributed by atoms with van der Waals surface area (Å²) in [4.78, 5) is 4.74. The quantitative estimate of drug-likeness (QED) is 0.278. The first kappa shape index (κ1) is 20.0. The number of hydrogen-bond donors (Lipinski definition) is 0. The second-order valence-corrected chi connectivity index (χ2v) is 10.5. The number of nitrogens with zero attached hydrogens (tertiary/aromatic N) is 1. The van der Waals surface area contributed by atoms with Gasteiger partial charge < -0.3 is 0 Å². The standard InChI is InChI=1S/C29H27NS/c1-18-8-6-9-19(2)27(18)20-12-13-22-23-10-7-11-24(28(23)31-26(22)16-20)25-17-21(14-15-30-25)29(3,4)5/h6-17H,1-5H3. The number of thiophene rings is 1. The molecule has 2 aromatic heterocycles. The lowest BCUT2D eigenvalue weighted by Crippen LogP contribution is -2.11. The molecule has 5 rings (SSSR count). The number of benzene rings is 3. The van der Waals surface area contributed by atoms with Crippen LogP contribution in [0.5, 0.6) is 0 Å². The van der Waals surface area contributed by atoms with E-state index >= 15 is 0 Å². The third kappa shape index (κ3) is 3.45. The molecule has 0 fully saturated rings. The van der Waals surface area contributed by atoms with E-state index in [1.807, 2.05) is 17.5 Å². The van der Waals surface area contributed by atoms with Crippen LogP contribution in [0.25, 0.3) is 42.6 Å². The number of pyridine rings is 1. The molecular weight excluding hydrogens is 394 g/mol. The normalized spacial score (nSPS) is 12.0. The smallest absolute Gasteiger partial charge is 0.0719 e. The molecule has 2 heterocycles. The Balaban J connectivity index is 1.71. The molecule has 0 amide bonds. The van der Waals surface area contributed by atoms with Crippen molar-refractivity contribution >= 4 is 31.5 Å². The van der Waals surface area contributed by atoms with Crippen LogP contribution >= 0.6 is 11.3 Å². The Kier molecular flexibility index (Phi) is 4.71. The number of hydrogen-bond acceptors (Lipinski definition) is 2. The van der Waals surface area contributed by atoms with Crippen molar-refractivity contribution in [2.24, 2.45) is 0 Å². The zero-order chi connectivity index (χ0) is 21.8. The molecule has 2 heteroatoms. The van der Waals surface area contributed by atoms with Crippen LogP contribution in [0.4, 0.5) is 0 Å². The van der Waals surface area contributed by atoms with Crippen LogP contribution < -0.4 is 0 Å². The first-order chi connectivity index (χ1) is 14.8. The highest BCUT2D eigenvalue weighted by Crippen LogP contribution is 2.42. The predicted octanol–water partition coefficient (Wildman–Crippen LogP) is 8.70. The zero-order valence-electron chi connectivity index (χ0n) is 18.8. The van der Waals surface area contributed by atoms with Crippen molar-refractivity contribution in [3.63, 3.8) is 0 Å². The zero-order valence-corrected chi connectivity index (χ0v) is 19.6. The van der Waals surface area contributed by atoms with Crippen LogP contribution in [0.15, 0.2) is 72.9 Å². The summed E-state index contributed by atoms with van der Waals surface area (Å²) < 4.78 is 2.64. The van der Waals surface area contributed by atoms with E-state index in [2.05, 4.69) is 101 Å². The predicted molar refractivity (Wildman–Crippen MR) is 136 cm³/mol. The summed E-state index contributed by atoms with van der Waals surface area (Å²) in [6.07, 6.45) is 1.95. The highest BCUT2D eigenvalue weighted by Gasteiger charge is 2.17. The summed E-state index contributed by atoms with van der Waals surface area (Å²) in [6, 6.07) is 24.4. The van der Waals surface area contributed by atoms with E-state index < -0.39 is 0 Å². The summed E-state index contributed by atoms with van der Waals surface area (Å²) in [6.45, 7) is 11.1. The van der Waals surface area contributed by atoms with Crippen LogP contribution in [-0.4, -0.2) is 4.98 Å². The Morgan fingerprint density at radius 1 is 0.774 bits per heavy atom. The molecular formula is C29H27NS. The van der Waals surface area contributed by atoms with Crippen molar-refractivity contribution in [1.82, 2.24) is 4.98 Å². The van der Waals surface area contributed by atoms with Crippen molar-refractivity contribution < 1.29 is 0 Å². The van der Waals surface area contributed by atoms with Gasteiger partial charge >= 0.3 is 0 Å². The number of rotatable bonds is 2. The molecule has 0 atom stereocenters. The van der Waals surface area contributed by atoms with Crippen molar-refractivity contribution in [2.75, 3.05) is 0 Å². The summed E-state index contributed by atoms with van der Waals surface area (Å²) in [5.74, 6) is 0. The number of fused-ring (bicyclic) bond motifs is 3. The fourth-order valence-corrected chi connectivity index (χ4v) is 5.73. The summed E-state index contributed by atoms with van der Waals surface area (Å²) in [5, 5.41) is 2.64. The maximum atomic E-state index is 4.74. The van der Waals surface area contributed by atoms with E-state index in [0.717, 1.165) is 5.69 Å². The average molecular weight is 422 g/mol. The molecule has 0 spiro atoms. The van der Waals surface area contributed by atoms with Crippen LogP contribution in [0.2, 0.25) is 0 Å². The Morgan fingerprint density at radius 2 is 1.52 bits per heavy atom. The number of aryl methyl sites for hydroxylation is 2. The summed E-state index contributed by atoms with van der Waals surface area (Å²) >= 11 is 1.88. The molecule has 31 heavy (non-hydrogen) atoms. The first-order valence-electron chi connectivity index (χ1n) is 10.8. The SMILES string of the molecule is Cc1cccc(C)c1-c1ccc2c(c1)sc1c(-c3cc(C(C)(C)C)ccn3)cccc12. The topological polar surface area (TPSA) is 12.9 Å². The maximum absolute atomic E-state index is 4.74. The lowest BCUT2D eigenvalue weighted by Gasteiger charge is -2.19. The molecule has 0 bridgehead atoms. The molecule has 0 aliphatic carbocycles. The van der Waals surface area contributed by atoms with Gasteiger partial charge in [0.25, 0.3) is 0 Å². The molecule has 154 valence electrons. The molecule has 1 nitrogen and oxygen atoms in total. The molecule has 0 aliphatic heterocycles. The number of aromatic nitrogens is 1. The fraction of sp³-hybridized carbons (Fsp3) is 0.207.